The molecule has 124 valence electrons. The molecule has 7 heteroatoms. The van der Waals surface area contributed by atoms with Gasteiger partial charge in [0.25, 0.3) is 0 Å². The molecule has 22 heavy (non-hydrogen) atoms. The fourth-order valence-electron chi connectivity index (χ4n) is 2.29. The summed E-state index contributed by atoms with van der Waals surface area (Å²) in [7, 11) is 0. The van der Waals surface area contributed by atoms with Crippen molar-refractivity contribution in [3.05, 3.63) is 0 Å². The summed E-state index contributed by atoms with van der Waals surface area (Å²) in [5.74, 6) is -1.70. The van der Waals surface area contributed by atoms with E-state index in [1.54, 1.807) is 20.8 Å². The predicted molar refractivity (Wildman–Crippen MR) is 78.9 cm³/mol. The van der Waals surface area contributed by atoms with Crippen molar-refractivity contribution in [2.45, 2.75) is 52.1 Å². The minimum Gasteiger partial charge on any atom is -0.444 e. The molecule has 0 aromatic heterocycles. The first-order chi connectivity index (χ1) is 10.2. The molecule has 0 aromatic carbocycles. The Balaban J connectivity index is 2.23. The van der Waals surface area contributed by atoms with E-state index in [0.29, 0.717) is 25.8 Å². The highest BCUT2D eigenvalue weighted by Crippen LogP contribution is 2.23. The number of aldehydes is 1. The quantitative estimate of drug-likeness (QED) is 0.417. The molecule has 1 unspecified atom stereocenters. The van der Waals surface area contributed by atoms with Crippen LogP contribution in [-0.2, 0) is 19.1 Å². The van der Waals surface area contributed by atoms with Gasteiger partial charge in [0, 0.05) is 18.9 Å². The van der Waals surface area contributed by atoms with E-state index in [1.807, 2.05) is 0 Å². The lowest BCUT2D eigenvalue weighted by atomic mass is 9.88. The van der Waals surface area contributed by atoms with Crippen molar-refractivity contribution in [2.24, 2.45) is 11.8 Å². The van der Waals surface area contributed by atoms with Crippen LogP contribution in [0.4, 0.5) is 4.79 Å². The van der Waals surface area contributed by atoms with Gasteiger partial charge in [0.2, 0.25) is 11.8 Å². The van der Waals surface area contributed by atoms with Crippen molar-refractivity contribution >= 4 is 24.2 Å². The van der Waals surface area contributed by atoms with Gasteiger partial charge in [-0.2, -0.15) is 0 Å². The molecule has 0 aromatic rings. The average Bonchev–Trinajstić information content (AvgIpc) is 2.71. The lowest BCUT2D eigenvalue weighted by Crippen LogP contribution is -2.33. The predicted octanol–water partition coefficient (Wildman–Crippen LogP) is 1.16. The molecule has 0 spiro atoms. The second-order valence-electron chi connectivity index (χ2n) is 6.45. The number of amides is 3. The number of hydrogen-bond acceptors (Lipinski definition) is 5. The summed E-state index contributed by atoms with van der Waals surface area (Å²) in [5, 5.41) is 4.84. The normalized spacial score (nSPS) is 19.5. The third-order valence-electron chi connectivity index (χ3n) is 3.33. The molecule has 1 rings (SSSR count). The summed E-state index contributed by atoms with van der Waals surface area (Å²) in [4.78, 5) is 45.2. The van der Waals surface area contributed by atoms with E-state index in [9.17, 15) is 19.2 Å². The maximum Gasteiger partial charge on any atom is 0.407 e. The molecule has 0 aliphatic carbocycles. The van der Waals surface area contributed by atoms with Crippen LogP contribution in [0.5, 0.6) is 0 Å². The number of hydrogen-bond donors (Lipinski definition) is 2. The first-order valence-corrected chi connectivity index (χ1v) is 7.49. The molecule has 0 radical (unpaired) electrons. The summed E-state index contributed by atoms with van der Waals surface area (Å²) in [6.45, 7) is 5.80. The average molecular weight is 312 g/mol. The van der Waals surface area contributed by atoms with Crippen molar-refractivity contribution in [1.29, 1.82) is 0 Å². The summed E-state index contributed by atoms with van der Waals surface area (Å²) >= 11 is 0. The van der Waals surface area contributed by atoms with E-state index < -0.39 is 23.5 Å². The molecule has 1 heterocycles. The third-order valence-corrected chi connectivity index (χ3v) is 3.33. The summed E-state index contributed by atoms with van der Waals surface area (Å²) in [6.07, 6.45) is 2.22. The zero-order valence-corrected chi connectivity index (χ0v) is 13.3. The van der Waals surface area contributed by atoms with Crippen molar-refractivity contribution in [3.63, 3.8) is 0 Å². The molecule has 1 aliphatic heterocycles. The van der Waals surface area contributed by atoms with Gasteiger partial charge in [0.05, 0.1) is 5.92 Å². The van der Waals surface area contributed by atoms with Crippen LogP contribution in [0.1, 0.15) is 46.5 Å². The number of nitrogens with one attached hydrogen (secondary N) is 2. The fourth-order valence-corrected chi connectivity index (χ4v) is 2.29. The third kappa shape index (κ3) is 6.24. The Hall–Kier alpha value is -1.92. The molecule has 1 fully saturated rings. The van der Waals surface area contributed by atoms with Crippen LogP contribution in [0.25, 0.3) is 0 Å². The van der Waals surface area contributed by atoms with Gasteiger partial charge in [-0.1, -0.05) is 6.42 Å². The Kier molecular flexibility index (Phi) is 6.52. The molecule has 2 atom stereocenters. The maximum atomic E-state index is 11.5. The lowest BCUT2D eigenvalue weighted by Gasteiger charge is -2.19. The van der Waals surface area contributed by atoms with Gasteiger partial charge < -0.3 is 14.8 Å². The number of ether oxygens (including phenoxy) is 1. The standard InChI is InChI=1S/C15H24N2O5/c1-15(2,3)22-14(21)16-7-5-4-6-10(9-18)11-8-12(19)17-13(11)20/h9-11H,4-8H2,1-3H3,(H,16,21)(H,17,19,20)/t10-,11?/m1/s1. The molecule has 3 amide bonds. The van der Waals surface area contributed by atoms with Gasteiger partial charge >= 0.3 is 6.09 Å². The number of unbranched alkanes of at least 4 members (excludes halogenated alkanes) is 1. The molecule has 7 nitrogen and oxygen atoms in total. The fraction of sp³-hybridized carbons (Fsp3) is 0.733. The first kappa shape index (κ1) is 18.1. The van der Waals surface area contributed by atoms with Crippen LogP contribution in [0.2, 0.25) is 0 Å². The summed E-state index contributed by atoms with van der Waals surface area (Å²) in [5.41, 5.74) is -0.533. The molecule has 0 saturated carbocycles. The van der Waals surface area contributed by atoms with Gasteiger partial charge in [-0.3, -0.25) is 14.9 Å². The van der Waals surface area contributed by atoms with E-state index in [0.717, 1.165) is 6.29 Å². The Morgan fingerprint density at radius 2 is 2.09 bits per heavy atom. The SMILES string of the molecule is CC(C)(C)OC(=O)NCCCC[C@H](C=O)C1CC(=O)NC1=O. The van der Waals surface area contributed by atoms with Crippen molar-refractivity contribution in [3.8, 4) is 0 Å². The highest BCUT2D eigenvalue weighted by atomic mass is 16.6. The maximum absolute atomic E-state index is 11.5. The Labute approximate surface area is 130 Å². The second-order valence-corrected chi connectivity index (χ2v) is 6.45. The number of carbonyl (C=O) groups is 4. The topological polar surface area (TPSA) is 102 Å². The van der Waals surface area contributed by atoms with Crippen molar-refractivity contribution in [1.82, 2.24) is 10.6 Å². The van der Waals surface area contributed by atoms with Crippen LogP contribution in [-0.4, -0.2) is 36.3 Å². The van der Waals surface area contributed by atoms with E-state index in [4.69, 9.17) is 4.74 Å². The van der Waals surface area contributed by atoms with Crippen LogP contribution < -0.4 is 10.6 Å². The largest absolute Gasteiger partial charge is 0.444 e. The Morgan fingerprint density at radius 1 is 1.41 bits per heavy atom. The highest BCUT2D eigenvalue weighted by Gasteiger charge is 2.36. The number of alkyl carbamates (subject to hydrolysis) is 1. The van der Waals surface area contributed by atoms with Crippen molar-refractivity contribution < 1.29 is 23.9 Å². The van der Waals surface area contributed by atoms with Crippen LogP contribution >= 0.6 is 0 Å². The first-order valence-electron chi connectivity index (χ1n) is 7.49. The van der Waals surface area contributed by atoms with Crippen molar-refractivity contribution in [2.75, 3.05) is 6.54 Å². The second kappa shape index (κ2) is 7.91. The lowest BCUT2D eigenvalue weighted by molar-refractivity contribution is -0.128. The number of rotatable bonds is 7. The summed E-state index contributed by atoms with van der Waals surface area (Å²) in [6, 6.07) is 0. The van der Waals surface area contributed by atoms with E-state index >= 15 is 0 Å². The minimum absolute atomic E-state index is 0.0817. The smallest absolute Gasteiger partial charge is 0.407 e. The molecule has 1 aliphatic rings. The highest BCUT2D eigenvalue weighted by molar-refractivity contribution is 6.04. The van der Waals surface area contributed by atoms with Crippen LogP contribution in [0.3, 0.4) is 0 Å². The van der Waals surface area contributed by atoms with E-state index in [2.05, 4.69) is 10.6 Å². The van der Waals surface area contributed by atoms with Crippen LogP contribution in [0.15, 0.2) is 0 Å². The zero-order chi connectivity index (χ0) is 16.8. The summed E-state index contributed by atoms with van der Waals surface area (Å²) < 4.78 is 5.10. The van der Waals surface area contributed by atoms with Gasteiger partial charge in [-0.25, -0.2) is 4.79 Å². The number of imide groups is 1. The van der Waals surface area contributed by atoms with Gasteiger partial charge in [0.1, 0.15) is 11.9 Å². The Bertz CT molecular complexity index is 442. The van der Waals surface area contributed by atoms with Gasteiger partial charge in [-0.15, -0.1) is 0 Å². The molecule has 2 N–H and O–H groups in total. The van der Waals surface area contributed by atoms with Gasteiger partial charge in [0.15, 0.2) is 0 Å². The van der Waals surface area contributed by atoms with Crippen LogP contribution in [0, 0.1) is 11.8 Å². The zero-order valence-electron chi connectivity index (χ0n) is 13.3. The number of carbonyl (C=O) groups excluding carboxylic acids is 4. The minimum atomic E-state index is -0.552. The monoisotopic (exact) mass is 312 g/mol. The van der Waals surface area contributed by atoms with Gasteiger partial charge in [-0.05, 0) is 33.6 Å². The van der Waals surface area contributed by atoms with E-state index in [1.165, 1.54) is 0 Å². The molecule has 0 bridgehead atoms. The molecular weight excluding hydrogens is 288 g/mol. The molecular formula is C15H24N2O5. The Morgan fingerprint density at radius 3 is 2.59 bits per heavy atom. The molecule has 1 saturated heterocycles. The van der Waals surface area contributed by atoms with E-state index in [-0.39, 0.29) is 18.2 Å².